The van der Waals surface area contributed by atoms with E-state index in [0.29, 0.717) is 17.6 Å². The summed E-state index contributed by atoms with van der Waals surface area (Å²) in [4.78, 5) is 24.8. The second-order valence-electron chi connectivity index (χ2n) is 7.66. The number of nitrogens with two attached hydrogens (primary N) is 1. The maximum atomic E-state index is 12.4. The smallest absolute Gasteiger partial charge is 0.268 e. The van der Waals surface area contributed by atoms with E-state index in [2.05, 4.69) is 15.0 Å². The normalized spacial score (nSPS) is 27.2. The van der Waals surface area contributed by atoms with Crippen LogP contribution in [0.25, 0.3) is 11.2 Å². The predicted octanol–water partition coefficient (Wildman–Crippen LogP) is 1.65. The molecular weight excluding hydrogens is 401 g/mol. The van der Waals surface area contributed by atoms with Gasteiger partial charge in [0, 0.05) is 7.11 Å². The molecule has 0 amide bonds. The Bertz CT molecular complexity index is 890. The Morgan fingerprint density at radius 2 is 2.03 bits per heavy atom. The molecule has 1 fully saturated rings. The zero-order valence-electron chi connectivity index (χ0n) is 17.1. The molecule has 0 saturated carbocycles. The number of ether oxygens (including phenoxy) is 2. The number of anilines is 1. The van der Waals surface area contributed by atoms with Crippen LogP contribution in [-0.2, 0) is 23.1 Å². The van der Waals surface area contributed by atoms with Gasteiger partial charge in [-0.3, -0.25) is 9.13 Å². The second-order valence-corrected chi connectivity index (χ2v) is 8.97. The van der Waals surface area contributed by atoms with Gasteiger partial charge >= 0.3 is 0 Å². The Morgan fingerprint density at radius 3 is 2.66 bits per heavy atom. The van der Waals surface area contributed by atoms with Crippen molar-refractivity contribution in [2.45, 2.75) is 64.8 Å². The van der Waals surface area contributed by atoms with Gasteiger partial charge in [0.1, 0.15) is 17.7 Å². The van der Waals surface area contributed by atoms with Gasteiger partial charge < -0.3 is 29.1 Å². The van der Waals surface area contributed by atoms with Crippen LogP contribution in [0.15, 0.2) is 12.5 Å². The van der Waals surface area contributed by atoms with Crippen molar-refractivity contribution < 1.29 is 28.0 Å². The fraction of sp³-hybridized carbons (Fsp3) is 0.706. The number of hydrogen-bond acceptors (Lipinski definition) is 10. The van der Waals surface area contributed by atoms with Crippen molar-refractivity contribution in [1.82, 2.24) is 19.5 Å². The van der Waals surface area contributed by atoms with Crippen LogP contribution in [0.3, 0.4) is 0 Å². The number of hydrogen-bond donors (Lipinski definition) is 1. The molecule has 2 aromatic heterocycles. The summed E-state index contributed by atoms with van der Waals surface area (Å²) in [5, 5.41) is 0. The minimum Gasteiger partial charge on any atom is -0.756 e. The maximum Gasteiger partial charge on any atom is 0.268 e. The molecule has 0 aliphatic carbocycles. The second kappa shape index (κ2) is 8.63. The molecule has 2 aromatic rings. The lowest BCUT2D eigenvalue weighted by molar-refractivity contribution is -0.236. The van der Waals surface area contributed by atoms with E-state index >= 15 is 0 Å². The monoisotopic (exact) mass is 428 g/mol. The lowest BCUT2D eigenvalue weighted by Crippen LogP contribution is -2.37. The molecule has 29 heavy (non-hydrogen) atoms. The van der Waals surface area contributed by atoms with Crippen molar-refractivity contribution in [2.24, 2.45) is 5.92 Å². The van der Waals surface area contributed by atoms with E-state index in [4.69, 9.17) is 24.3 Å². The van der Waals surface area contributed by atoms with Crippen molar-refractivity contribution in [1.29, 1.82) is 0 Å². The van der Waals surface area contributed by atoms with E-state index < -0.39 is 38.5 Å². The number of nitrogens with zero attached hydrogens (tertiary/aromatic N) is 4. The molecule has 1 saturated heterocycles. The summed E-state index contributed by atoms with van der Waals surface area (Å²) in [6.07, 6.45) is 0.159. The zero-order valence-corrected chi connectivity index (χ0v) is 18.0. The molecular formula is C17H27N5O6P-. The average Bonchev–Trinajstić information content (AvgIpc) is 3.13. The largest absolute Gasteiger partial charge is 0.756 e. The molecule has 3 rings (SSSR count). The minimum atomic E-state index is -4.57. The van der Waals surface area contributed by atoms with E-state index in [1.165, 1.54) is 19.6 Å². The number of aromatic nitrogens is 4. The Hall–Kier alpha value is -1.62. The number of phosphoric ester groups is 1. The molecule has 162 valence electrons. The fourth-order valence-corrected chi connectivity index (χ4v) is 4.54. The number of rotatable bonds is 8. The molecule has 5 atom stereocenters. The van der Waals surface area contributed by atoms with Crippen LogP contribution >= 0.6 is 7.82 Å². The third-order valence-electron chi connectivity index (χ3n) is 4.46. The van der Waals surface area contributed by atoms with E-state index in [-0.39, 0.29) is 11.9 Å². The van der Waals surface area contributed by atoms with E-state index in [1.807, 2.05) is 13.8 Å². The van der Waals surface area contributed by atoms with Crippen LogP contribution in [-0.4, -0.2) is 51.0 Å². The molecule has 0 aromatic carbocycles. The van der Waals surface area contributed by atoms with Crippen molar-refractivity contribution in [3.63, 3.8) is 0 Å². The Labute approximate surface area is 169 Å². The number of methoxy groups -OCH3 is 1. The highest BCUT2D eigenvalue weighted by molar-refractivity contribution is 7.45. The van der Waals surface area contributed by atoms with Crippen LogP contribution in [0.1, 0.15) is 40.3 Å². The molecule has 2 unspecified atom stereocenters. The number of nitrogen functional groups attached to an aromatic ring is 1. The zero-order chi connectivity index (χ0) is 21.3. The quantitative estimate of drug-likeness (QED) is 0.615. The molecule has 0 radical (unpaired) electrons. The van der Waals surface area contributed by atoms with Gasteiger partial charge in [0.05, 0.1) is 24.7 Å². The van der Waals surface area contributed by atoms with Gasteiger partial charge in [-0.1, -0.05) is 13.8 Å². The van der Waals surface area contributed by atoms with Crippen LogP contribution in [0, 0.1) is 5.92 Å². The number of imidazole rings is 1. The maximum absolute atomic E-state index is 12.4. The summed E-state index contributed by atoms with van der Waals surface area (Å²) >= 11 is 0. The predicted molar refractivity (Wildman–Crippen MR) is 103 cm³/mol. The van der Waals surface area contributed by atoms with E-state index in [0.717, 1.165) is 0 Å². The van der Waals surface area contributed by atoms with Crippen LogP contribution in [0.4, 0.5) is 5.95 Å². The lowest BCUT2D eigenvalue weighted by atomic mass is 10.0. The van der Waals surface area contributed by atoms with Gasteiger partial charge in [-0.2, -0.15) is 4.98 Å². The SMILES string of the molecule is COC1[C@@H](OP(=O)([O-])OC(C)C)[C@@H](CC(C)C)O[C@H]1n1cnc2cnc(N)nc21. The van der Waals surface area contributed by atoms with Gasteiger partial charge in [0.2, 0.25) is 5.95 Å². The molecule has 11 nitrogen and oxygen atoms in total. The summed E-state index contributed by atoms with van der Waals surface area (Å²) in [6.45, 7) is 7.25. The molecule has 3 heterocycles. The first kappa shape index (κ1) is 22.1. The third kappa shape index (κ3) is 4.93. The standard InChI is InChI=1S/C17H28N5O6P/c1-9(2)6-12-13(28-29(23,24)27-10(3)4)14(25-5)16(26-12)22-8-20-11-7-19-17(18)21-15(11)22/h7-10,12-14,16H,6H2,1-5H3,(H,23,24)(H2,18,19,21)/p-1/t12-,13+,14?,16-/m1/s1. The summed E-state index contributed by atoms with van der Waals surface area (Å²) < 4.78 is 36.2. The van der Waals surface area contributed by atoms with E-state index in [1.54, 1.807) is 18.4 Å². The van der Waals surface area contributed by atoms with E-state index in [9.17, 15) is 9.46 Å². The molecule has 1 aliphatic rings. The Morgan fingerprint density at radius 1 is 1.31 bits per heavy atom. The molecule has 1 aliphatic heterocycles. The highest BCUT2D eigenvalue weighted by Gasteiger charge is 2.49. The summed E-state index contributed by atoms with van der Waals surface area (Å²) in [6, 6.07) is 0. The van der Waals surface area contributed by atoms with Gasteiger partial charge in [-0.25, -0.2) is 9.97 Å². The van der Waals surface area contributed by atoms with Crippen LogP contribution < -0.4 is 10.6 Å². The minimum absolute atomic E-state index is 0.0899. The average molecular weight is 428 g/mol. The van der Waals surface area contributed by atoms with Gasteiger partial charge in [0.25, 0.3) is 7.82 Å². The summed E-state index contributed by atoms with van der Waals surface area (Å²) in [7, 11) is -3.10. The van der Waals surface area contributed by atoms with Crippen LogP contribution in [0.2, 0.25) is 0 Å². The van der Waals surface area contributed by atoms with Crippen molar-refractivity contribution >= 4 is 24.9 Å². The summed E-state index contributed by atoms with van der Waals surface area (Å²) in [5.74, 6) is 0.323. The van der Waals surface area contributed by atoms with Crippen molar-refractivity contribution in [2.75, 3.05) is 12.8 Å². The third-order valence-corrected chi connectivity index (χ3v) is 5.64. The van der Waals surface area contributed by atoms with Crippen molar-refractivity contribution in [3.05, 3.63) is 12.5 Å². The first-order chi connectivity index (χ1) is 13.6. The molecule has 0 bridgehead atoms. The first-order valence-electron chi connectivity index (χ1n) is 9.42. The van der Waals surface area contributed by atoms with Gasteiger partial charge in [-0.15, -0.1) is 0 Å². The topological polar surface area (TPSA) is 147 Å². The Kier molecular flexibility index (Phi) is 6.57. The van der Waals surface area contributed by atoms with Crippen LogP contribution in [0.5, 0.6) is 0 Å². The highest BCUT2D eigenvalue weighted by atomic mass is 31.2. The highest BCUT2D eigenvalue weighted by Crippen LogP contribution is 2.47. The number of fused-ring (bicyclic) bond motifs is 1. The summed E-state index contributed by atoms with van der Waals surface area (Å²) in [5.41, 5.74) is 6.70. The lowest BCUT2D eigenvalue weighted by Gasteiger charge is -2.32. The molecule has 12 heteroatoms. The van der Waals surface area contributed by atoms with Gasteiger partial charge in [-0.05, 0) is 26.2 Å². The fourth-order valence-electron chi connectivity index (χ4n) is 3.42. The molecule has 2 N–H and O–H groups in total. The number of phosphoric acid groups is 1. The molecule has 0 spiro atoms. The Balaban J connectivity index is 1.96. The van der Waals surface area contributed by atoms with Gasteiger partial charge in [0.15, 0.2) is 11.9 Å². The first-order valence-corrected chi connectivity index (χ1v) is 10.9. The van der Waals surface area contributed by atoms with Crippen molar-refractivity contribution in [3.8, 4) is 0 Å².